The zero-order valence-electron chi connectivity index (χ0n) is 14.2. The zero-order valence-corrected chi connectivity index (χ0v) is 15.0. The highest BCUT2D eigenvalue weighted by Crippen LogP contribution is 2.36. The lowest BCUT2D eigenvalue weighted by Crippen LogP contribution is -2.17. The van der Waals surface area contributed by atoms with Crippen LogP contribution in [-0.2, 0) is 0 Å². The number of aromatic nitrogens is 2. The van der Waals surface area contributed by atoms with Crippen LogP contribution in [0.3, 0.4) is 0 Å². The molecular weight excluding hydrogens is 342 g/mol. The smallest absolute Gasteiger partial charge is 0.282 e. The first-order chi connectivity index (χ1) is 12.0. The van der Waals surface area contributed by atoms with E-state index in [1.807, 2.05) is 13.8 Å². The van der Waals surface area contributed by atoms with E-state index < -0.39 is 0 Å². The topological polar surface area (TPSA) is 85.9 Å². The Labute approximate surface area is 147 Å². The molecule has 0 aliphatic carbocycles. The summed E-state index contributed by atoms with van der Waals surface area (Å²) < 4.78 is 11.4. The number of phenolic OH excluding ortho intramolecular Hbond substituents is 1. The van der Waals surface area contributed by atoms with Crippen molar-refractivity contribution in [3.8, 4) is 17.2 Å². The number of phenols is 1. The third kappa shape index (κ3) is 2.96. The van der Waals surface area contributed by atoms with Crippen molar-refractivity contribution >= 4 is 27.8 Å². The van der Waals surface area contributed by atoms with Crippen molar-refractivity contribution in [3.05, 3.63) is 44.8 Å². The van der Waals surface area contributed by atoms with Crippen molar-refractivity contribution in [2.24, 2.45) is 5.10 Å². The van der Waals surface area contributed by atoms with Crippen LogP contribution in [0, 0.1) is 13.8 Å². The van der Waals surface area contributed by atoms with Gasteiger partial charge in [0.15, 0.2) is 11.5 Å². The largest absolute Gasteiger partial charge is 0.502 e. The summed E-state index contributed by atoms with van der Waals surface area (Å²) in [5.41, 5.74) is 1.31. The second-order valence-corrected chi connectivity index (χ2v) is 6.58. The molecule has 0 saturated heterocycles. The van der Waals surface area contributed by atoms with Crippen molar-refractivity contribution in [1.29, 1.82) is 0 Å². The molecule has 0 spiro atoms. The molecule has 0 fully saturated rings. The van der Waals surface area contributed by atoms with Gasteiger partial charge in [-0.15, -0.1) is 11.3 Å². The van der Waals surface area contributed by atoms with Crippen LogP contribution in [0.25, 0.3) is 10.2 Å². The number of methoxy groups -OCH3 is 2. The lowest BCUT2D eigenvalue weighted by atomic mass is 10.2. The van der Waals surface area contributed by atoms with Gasteiger partial charge in [0.05, 0.1) is 25.8 Å². The van der Waals surface area contributed by atoms with E-state index in [-0.39, 0.29) is 22.8 Å². The Bertz CT molecular complexity index is 1010. The average molecular weight is 359 g/mol. The van der Waals surface area contributed by atoms with E-state index in [0.717, 1.165) is 10.4 Å². The number of rotatable bonds is 4. The molecule has 0 radical (unpaired) electrons. The summed E-state index contributed by atoms with van der Waals surface area (Å²) in [4.78, 5) is 18.7. The molecule has 0 unspecified atom stereocenters. The van der Waals surface area contributed by atoms with Gasteiger partial charge in [-0.1, -0.05) is 0 Å². The van der Waals surface area contributed by atoms with Crippen LogP contribution in [0.1, 0.15) is 16.0 Å². The van der Waals surface area contributed by atoms with Crippen LogP contribution in [0.5, 0.6) is 17.2 Å². The summed E-state index contributed by atoms with van der Waals surface area (Å²) in [5, 5.41) is 14.7. The molecule has 0 aliphatic heterocycles. The van der Waals surface area contributed by atoms with Crippen molar-refractivity contribution in [2.45, 2.75) is 13.8 Å². The average Bonchev–Trinajstić information content (AvgIpc) is 2.90. The molecule has 0 aliphatic rings. The van der Waals surface area contributed by atoms with E-state index in [9.17, 15) is 9.90 Å². The molecule has 3 aromatic rings. The maximum absolute atomic E-state index is 12.6. The second-order valence-electron chi connectivity index (χ2n) is 5.38. The summed E-state index contributed by atoms with van der Waals surface area (Å²) in [6.45, 7) is 3.87. The highest BCUT2D eigenvalue weighted by molar-refractivity contribution is 7.18. The Morgan fingerprint density at radius 1 is 1.24 bits per heavy atom. The van der Waals surface area contributed by atoms with Gasteiger partial charge >= 0.3 is 0 Å². The molecule has 7 nitrogen and oxygen atoms in total. The van der Waals surface area contributed by atoms with E-state index >= 15 is 0 Å². The van der Waals surface area contributed by atoms with E-state index in [1.54, 1.807) is 12.1 Å². The van der Waals surface area contributed by atoms with E-state index in [4.69, 9.17) is 9.47 Å². The fraction of sp³-hybridized carbons (Fsp3) is 0.235. The van der Waals surface area contributed by atoms with Crippen LogP contribution in [0.2, 0.25) is 0 Å². The van der Waals surface area contributed by atoms with Gasteiger partial charge in [-0.05, 0) is 31.5 Å². The molecule has 0 amide bonds. The normalized spacial score (nSPS) is 11.4. The van der Waals surface area contributed by atoms with E-state index in [2.05, 4.69) is 10.1 Å². The number of thiophene rings is 1. The standard InChI is InChI=1S/C17H17N3O4S/c1-9-10(2)25-16-14(9)17(22)20(8-18-16)19-7-11-5-12(23-3)15(21)13(6-11)24-4/h5-8,21H,1-4H3/b19-7+. The molecule has 0 bridgehead atoms. The molecular formula is C17H17N3O4S. The lowest BCUT2D eigenvalue weighted by Gasteiger charge is -2.09. The number of fused-ring (bicyclic) bond motifs is 1. The first-order valence-corrected chi connectivity index (χ1v) is 8.24. The van der Waals surface area contributed by atoms with Crippen molar-refractivity contribution < 1.29 is 14.6 Å². The number of hydrogen-bond donors (Lipinski definition) is 1. The van der Waals surface area contributed by atoms with Gasteiger partial charge in [0.2, 0.25) is 5.75 Å². The van der Waals surface area contributed by atoms with Crippen LogP contribution in [0.4, 0.5) is 0 Å². The van der Waals surface area contributed by atoms with Gasteiger partial charge in [0.25, 0.3) is 5.56 Å². The Morgan fingerprint density at radius 2 is 1.88 bits per heavy atom. The summed E-state index contributed by atoms with van der Waals surface area (Å²) in [6.07, 6.45) is 2.87. The van der Waals surface area contributed by atoms with Crippen molar-refractivity contribution in [3.63, 3.8) is 0 Å². The Balaban J connectivity index is 2.06. The number of hydrogen-bond acceptors (Lipinski definition) is 7. The van der Waals surface area contributed by atoms with Gasteiger partial charge in [0, 0.05) is 10.4 Å². The Morgan fingerprint density at radius 3 is 2.48 bits per heavy atom. The fourth-order valence-electron chi connectivity index (χ4n) is 2.43. The summed E-state index contributed by atoms with van der Waals surface area (Å²) in [5.74, 6) is 0.420. The molecule has 25 heavy (non-hydrogen) atoms. The van der Waals surface area contributed by atoms with E-state index in [0.29, 0.717) is 15.8 Å². The first kappa shape index (κ1) is 17.0. The monoisotopic (exact) mass is 359 g/mol. The maximum Gasteiger partial charge on any atom is 0.282 e. The van der Waals surface area contributed by atoms with Gasteiger partial charge in [-0.2, -0.15) is 9.78 Å². The van der Waals surface area contributed by atoms with E-state index in [1.165, 1.54) is 42.8 Å². The van der Waals surface area contributed by atoms with Crippen LogP contribution in [0.15, 0.2) is 28.4 Å². The summed E-state index contributed by atoms with van der Waals surface area (Å²) in [6, 6.07) is 3.19. The summed E-state index contributed by atoms with van der Waals surface area (Å²) >= 11 is 1.49. The van der Waals surface area contributed by atoms with Gasteiger partial charge in [-0.3, -0.25) is 4.79 Å². The number of aromatic hydroxyl groups is 1. The maximum atomic E-state index is 12.6. The third-order valence-electron chi connectivity index (χ3n) is 3.91. The van der Waals surface area contributed by atoms with Gasteiger partial charge in [-0.25, -0.2) is 4.98 Å². The number of benzene rings is 1. The predicted molar refractivity (Wildman–Crippen MR) is 97.6 cm³/mol. The molecule has 0 saturated carbocycles. The minimum atomic E-state index is -0.221. The molecule has 130 valence electrons. The van der Waals surface area contributed by atoms with Crippen LogP contribution >= 0.6 is 11.3 Å². The Kier molecular flexibility index (Phi) is 4.45. The highest BCUT2D eigenvalue weighted by atomic mass is 32.1. The molecule has 0 atom stereocenters. The third-order valence-corrected chi connectivity index (χ3v) is 5.02. The summed E-state index contributed by atoms with van der Waals surface area (Å²) in [7, 11) is 2.89. The Hall–Kier alpha value is -2.87. The molecule has 2 aromatic heterocycles. The number of ether oxygens (including phenoxy) is 2. The first-order valence-electron chi connectivity index (χ1n) is 7.43. The molecule has 1 aromatic carbocycles. The molecule has 2 heterocycles. The molecule has 3 rings (SSSR count). The van der Waals surface area contributed by atoms with Crippen LogP contribution < -0.4 is 15.0 Å². The predicted octanol–water partition coefficient (Wildman–Crippen LogP) is 2.68. The lowest BCUT2D eigenvalue weighted by molar-refractivity contribution is 0.340. The fourth-order valence-corrected chi connectivity index (χ4v) is 3.41. The minimum absolute atomic E-state index is 0.0909. The van der Waals surface area contributed by atoms with Gasteiger partial charge in [0.1, 0.15) is 11.2 Å². The molecule has 1 N–H and O–H groups in total. The zero-order chi connectivity index (χ0) is 18.1. The van der Waals surface area contributed by atoms with Crippen LogP contribution in [-0.4, -0.2) is 35.2 Å². The highest BCUT2D eigenvalue weighted by Gasteiger charge is 2.12. The molecule has 8 heteroatoms. The SMILES string of the molecule is COc1cc(/C=N/n2cnc3sc(C)c(C)c3c2=O)cc(OC)c1O. The second kappa shape index (κ2) is 6.56. The van der Waals surface area contributed by atoms with Crippen molar-refractivity contribution in [2.75, 3.05) is 14.2 Å². The number of nitrogens with zero attached hydrogens (tertiary/aromatic N) is 3. The minimum Gasteiger partial charge on any atom is -0.502 e. The van der Waals surface area contributed by atoms with Gasteiger partial charge < -0.3 is 14.6 Å². The number of aryl methyl sites for hydroxylation is 2. The van der Waals surface area contributed by atoms with Crippen molar-refractivity contribution in [1.82, 2.24) is 9.66 Å². The quantitative estimate of drug-likeness (QED) is 0.724.